The number of aromatic nitrogens is 1. The number of hydrogen-bond donors (Lipinski definition) is 1. The first-order valence-corrected chi connectivity index (χ1v) is 8.13. The molecular formula is C19H16ClN3O2. The van der Waals surface area contributed by atoms with Crippen LogP contribution in [0.3, 0.4) is 0 Å². The summed E-state index contributed by atoms with van der Waals surface area (Å²) < 4.78 is 11.2. The van der Waals surface area contributed by atoms with Crippen LogP contribution in [0.5, 0.6) is 5.75 Å². The maximum atomic E-state index is 9.26. The lowest BCUT2D eigenvalue weighted by atomic mass is 10.1. The zero-order valence-electron chi connectivity index (χ0n) is 13.6. The van der Waals surface area contributed by atoms with Gasteiger partial charge in [0.2, 0.25) is 17.5 Å². The van der Waals surface area contributed by atoms with Crippen molar-refractivity contribution in [3.63, 3.8) is 0 Å². The van der Waals surface area contributed by atoms with E-state index in [-0.39, 0.29) is 18.3 Å². The fourth-order valence-corrected chi connectivity index (χ4v) is 2.42. The van der Waals surface area contributed by atoms with E-state index in [1.54, 1.807) is 24.3 Å². The molecule has 5 nitrogen and oxygen atoms in total. The first-order valence-electron chi connectivity index (χ1n) is 7.75. The molecule has 6 heteroatoms. The van der Waals surface area contributed by atoms with Crippen LogP contribution in [0.15, 0.2) is 59.0 Å². The highest BCUT2D eigenvalue weighted by molar-refractivity contribution is 6.30. The van der Waals surface area contributed by atoms with Gasteiger partial charge in [-0.25, -0.2) is 0 Å². The summed E-state index contributed by atoms with van der Waals surface area (Å²) in [6, 6.07) is 18.9. The van der Waals surface area contributed by atoms with E-state index in [1.807, 2.05) is 43.3 Å². The van der Waals surface area contributed by atoms with E-state index in [2.05, 4.69) is 10.3 Å². The van der Waals surface area contributed by atoms with Gasteiger partial charge in [0, 0.05) is 5.02 Å². The van der Waals surface area contributed by atoms with Crippen molar-refractivity contribution in [1.82, 2.24) is 4.98 Å². The predicted molar refractivity (Wildman–Crippen MR) is 95.5 cm³/mol. The summed E-state index contributed by atoms with van der Waals surface area (Å²) in [4.78, 5) is 4.17. The maximum absolute atomic E-state index is 9.26. The number of hydrogen-bond acceptors (Lipinski definition) is 5. The molecule has 0 spiro atoms. The van der Waals surface area contributed by atoms with Crippen molar-refractivity contribution in [3.8, 4) is 11.8 Å². The summed E-state index contributed by atoms with van der Waals surface area (Å²) in [5.41, 5.74) is 1.29. The monoisotopic (exact) mass is 353 g/mol. The third kappa shape index (κ3) is 4.31. The summed E-state index contributed by atoms with van der Waals surface area (Å²) in [6.07, 6.45) is 0. The Morgan fingerprint density at radius 2 is 1.92 bits per heavy atom. The highest BCUT2D eigenvalue weighted by Gasteiger charge is 2.16. The highest BCUT2D eigenvalue weighted by atomic mass is 35.5. The van der Waals surface area contributed by atoms with Crippen LogP contribution in [0.4, 0.5) is 5.88 Å². The van der Waals surface area contributed by atoms with E-state index in [0.29, 0.717) is 22.5 Å². The third-order valence-corrected chi connectivity index (χ3v) is 3.85. The second-order valence-corrected chi connectivity index (χ2v) is 5.85. The number of rotatable bonds is 6. The van der Waals surface area contributed by atoms with Crippen molar-refractivity contribution in [2.75, 3.05) is 5.32 Å². The molecule has 0 aliphatic rings. The van der Waals surface area contributed by atoms with Gasteiger partial charge < -0.3 is 14.5 Å². The standard InChI is InChI=1S/C19H16ClN3O2/c1-13(14-5-3-2-4-6-14)22-19-17(11-21)23-18(25-19)12-24-16-9-7-15(20)8-10-16/h2-10,13,22H,12H2,1H3. The largest absolute Gasteiger partial charge is 0.484 e. The molecule has 126 valence electrons. The van der Waals surface area contributed by atoms with E-state index >= 15 is 0 Å². The quantitative estimate of drug-likeness (QED) is 0.678. The molecule has 0 saturated carbocycles. The first kappa shape index (κ1) is 16.9. The Balaban J connectivity index is 1.69. The molecule has 1 atom stereocenters. The van der Waals surface area contributed by atoms with Crippen molar-refractivity contribution < 1.29 is 9.15 Å². The van der Waals surface area contributed by atoms with Gasteiger partial charge in [-0.3, -0.25) is 0 Å². The van der Waals surface area contributed by atoms with Crippen LogP contribution in [-0.2, 0) is 6.61 Å². The molecule has 1 unspecified atom stereocenters. The fraction of sp³-hybridized carbons (Fsp3) is 0.158. The van der Waals surface area contributed by atoms with Gasteiger partial charge in [-0.15, -0.1) is 0 Å². The van der Waals surface area contributed by atoms with Gasteiger partial charge in [0.05, 0.1) is 6.04 Å². The van der Waals surface area contributed by atoms with E-state index in [4.69, 9.17) is 20.8 Å². The normalized spacial score (nSPS) is 11.6. The van der Waals surface area contributed by atoms with Gasteiger partial charge in [0.25, 0.3) is 0 Å². The molecule has 3 rings (SSSR count). The third-order valence-electron chi connectivity index (χ3n) is 3.60. The maximum Gasteiger partial charge on any atom is 0.236 e. The number of nitrogens with zero attached hydrogens (tertiary/aromatic N) is 2. The van der Waals surface area contributed by atoms with E-state index in [9.17, 15) is 5.26 Å². The summed E-state index contributed by atoms with van der Waals surface area (Å²) in [6.45, 7) is 2.11. The van der Waals surface area contributed by atoms with Gasteiger partial charge in [-0.1, -0.05) is 41.9 Å². The van der Waals surface area contributed by atoms with E-state index in [1.165, 1.54) is 0 Å². The molecular weight excluding hydrogens is 338 g/mol. The van der Waals surface area contributed by atoms with Gasteiger partial charge in [0.1, 0.15) is 11.8 Å². The average molecular weight is 354 g/mol. The van der Waals surface area contributed by atoms with Crippen LogP contribution in [-0.4, -0.2) is 4.98 Å². The average Bonchev–Trinajstić information content (AvgIpc) is 3.04. The molecule has 0 aliphatic heterocycles. The van der Waals surface area contributed by atoms with Crippen LogP contribution in [0.2, 0.25) is 5.02 Å². The van der Waals surface area contributed by atoms with Crippen LogP contribution >= 0.6 is 11.6 Å². The number of halogens is 1. The number of anilines is 1. The lowest BCUT2D eigenvalue weighted by Gasteiger charge is -2.13. The molecule has 0 fully saturated rings. The molecule has 0 bridgehead atoms. The van der Waals surface area contributed by atoms with Crippen molar-refractivity contribution in [3.05, 3.63) is 76.8 Å². The molecule has 2 aromatic carbocycles. The van der Waals surface area contributed by atoms with E-state index < -0.39 is 0 Å². The van der Waals surface area contributed by atoms with Crippen LogP contribution in [0.1, 0.15) is 30.1 Å². The summed E-state index contributed by atoms with van der Waals surface area (Å²) in [7, 11) is 0. The zero-order valence-corrected chi connectivity index (χ0v) is 14.3. The summed E-state index contributed by atoms with van der Waals surface area (Å²) in [5.74, 6) is 1.32. The Morgan fingerprint density at radius 3 is 2.60 bits per heavy atom. The Hall–Kier alpha value is -2.97. The number of nitriles is 1. The lowest BCUT2D eigenvalue weighted by molar-refractivity contribution is 0.264. The van der Waals surface area contributed by atoms with Crippen molar-refractivity contribution in [2.24, 2.45) is 0 Å². The van der Waals surface area contributed by atoms with Crippen LogP contribution < -0.4 is 10.1 Å². The molecule has 1 N–H and O–H groups in total. The Morgan fingerprint density at radius 1 is 1.20 bits per heavy atom. The van der Waals surface area contributed by atoms with E-state index in [0.717, 1.165) is 5.56 Å². The van der Waals surface area contributed by atoms with Crippen molar-refractivity contribution in [1.29, 1.82) is 5.26 Å². The van der Waals surface area contributed by atoms with Gasteiger partial charge >= 0.3 is 0 Å². The predicted octanol–water partition coefficient (Wildman–Crippen LogP) is 4.95. The second kappa shape index (κ2) is 7.73. The molecule has 25 heavy (non-hydrogen) atoms. The summed E-state index contributed by atoms with van der Waals surface area (Å²) >= 11 is 5.84. The van der Waals surface area contributed by atoms with Gasteiger partial charge in [-0.05, 0) is 36.8 Å². The Labute approximate surface area is 150 Å². The minimum Gasteiger partial charge on any atom is -0.484 e. The highest BCUT2D eigenvalue weighted by Crippen LogP contribution is 2.24. The minimum absolute atomic E-state index is 0.0220. The number of oxazole rings is 1. The van der Waals surface area contributed by atoms with Gasteiger partial charge in [-0.2, -0.15) is 10.2 Å². The molecule has 0 saturated heterocycles. The number of ether oxygens (including phenoxy) is 1. The topological polar surface area (TPSA) is 71.1 Å². The van der Waals surface area contributed by atoms with Crippen LogP contribution in [0.25, 0.3) is 0 Å². The minimum atomic E-state index is -0.0220. The fourth-order valence-electron chi connectivity index (χ4n) is 2.30. The van der Waals surface area contributed by atoms with Crippen molar-refractivity contribution in [2.45, 2.75) is 19.6 Å². The Bertz CT molecular complexity index is 870. The lowest BCUT2D eigenvalue weighted by Crippen LogP contribution is -2.06. The Kier molecular flexibility index (Phi) is 5.22. The molecule has 0 amide bonds. The molecule has 0 aliphatic carbocycles. The first-order chi connectivity index (χ1) is 12.2. The number of nitrogens with one attached hydrogen (secondary N) is 1. The summed E-state index contributed by atoms with van der Waals surface area (Å²) in [5, 5.41) is 13.1. The van der Waals surface area contributed by atoms with Crippen molar-refractivity contribution >= 4 is 17.5 Å². The smallest absolute Gasteiger partial charge is 0.236 e. The SMILES string of the molecule is CC(Nc1oc(COc2ccc(Cl)cc2)nc1C#N)c1ccccc1. The number of benzene rings is 2. The van der Waals surface area contributed by atoms with Crippen LogP contribution in [0, 0.1) is 11.3 Å². The molecule has 1 aromatic heterocycles. The zero-order chi connectivity index (χ0) is 17.6. The van der Waals surface area contributed by atoms with Gasteiger partial charge in [0.15, 0.2) is 6.61 Å². The second-order valence-electron chi connectivity index (χ2n) is 5.42. The molecule has 3 aromatic rings. The molecule has 0 radical (unpaired) electrons. The molecule has 1 heterocycles.